The van der Waals surface area contributed by atoms with E-state index in [2.05, 4.69) is 10.2 Å². The van der Waals surface area contributed by atoms with Crippen molar-refractivity contribution in [2.45, 2.75) is 0 Å². The summed E-state index contributed by atoms with van der Waals surface area (Å²) in [7, 11) is 0. The quantitative estimate of drug-likeness (QED) is 0.150. The Balaban J connectivity index is 1.60. The second-order valence-corrected chi connectivity index (χ2v) is 9.66. The first-order valence-corrected chi connectivity index (χ1v) is 13.9. The zero-order valence-corrected chi connectivity index (χ0v) is 22.3. The summed E-state index contributed by atoms with van der Waals surface area (Å²) in [6, 6.07) is 39.7. The molecule has 1 fully saturated rings. The van der Waals surface area contributed by atoms with Crippen LogP contribution in [0.5, 0.6) is 0 Å². The molecule has 0 amide bonds. The normalized spacial score (nSPS) is 17.2. The van der Waals surface area contributed by atoms with Crippen molar-refractivity contribution in [1.29, 1.82) is 0 Å². The highest BCUT2D eigenvalue weighted by Gasteiger charge is 2.35. The van der Waals surface area contributed by atoms with Crippen molar-refractivity contribution in [1.82, 2.24) is 0 Å². The first-order valence-electron chi connectivity index (χ1n) is 11.9. The van der Waals surface area contributed by atoms with Gasteiger partial charge in [-0.15, -0.1) is 5.10 Å². The van der Waals surface area contributed by atoms with E-state index >= 15 is 0 Å². The van der Waals surface area contributed by atoms with Gasteiger partial charge in [0.25, 0.3) is 0 Å². The molecule has 1 heterocycles. The van der Waals surface area contributed by atoms with E-state index in [9.17, 15) is 0 Å². The van der Waals surface area contributed by atoms with Gasteiger partial charge in [0.05, 0.1) is 17.6 Å². The van der Waals surface area contributed by atoms with E-state index in [4.69, 9.17) is 15.0 Å². The second kappa shape index (κ2) is 12.8. The van der Waals surface area contributed by atoms with Crippen molar-refractivity contribution in [2.75, 3.05) is 11.2 Å². The monoisotopic (exact) mass is 532 g/mol. The smallest absolute Gasteiger partial charge is 0.211 e. The van der Waals surface area contributed by atoms with Crippen LogP contribution in [0.1, 0.15) is 5.56 Å². The zero-order chi connectivity index (χ0) is 26.0. The van der Waals surface area contributed by atoms with Crippen LogP contribution >= 0.6 is 23.5 Å². The molecule has 1 aliphatic rings. The molecule has 0 aromatic heterocycles. The highest BCUT2D eigenvalue weighted by molar-refractivity contribution is 8.29. The van der Waals surface area contributed by atoms with Crippen molar-refractivity contribution in [3.63, 3.8) is 0 Å². The Hall–Kier alpha value is -4.27. The molecule has 0 saturated carbocycles. The minimum absolute atomic E-state index is 0.528. The Kier molecular flexibility index (Phi) is 8.55. The van der Waals surface area contributed by atoms with Crippen LogP contribution in [0.4, 0.5) is 17.1 Å². The molecule has 5 rings (SSSR count). The summed E-state index contributed by atoms with van der Waals surface area (Å²) in [6.07, 6.45) is 3.66. The molecule has 0 unspecified atom stereocenters. The van der Waals surface area contributed by atoms with Gasteiger partial charge in [0.15, 0.2) is 11.0 Å². The molecule has 4 aromatic carbocycles. The van der Waals surface area contributed by atoms with Crippen molar-refractivity contribution in [3.05, 3.63) is 127 Å². The number of para-hydroxylation sites is 3. The van der Waals surface area contributed by atoms with Crippen LogP contribution in [-0.4, -0.2) is 33.7 Å². The first kappa shape index (κ1) is 25.4. The summed E-state index contributed by atoms with van der Waals surface area (Å²) >= 11 is 2.89. The number of aliphatic imine (C=N–C) groups is 3. The summed E-state index contributed by atoms with van der Waals surface area (Å²) in [6.45, 7) is 0. The lowest BCUT2D eigenvalue weighted by Gasteiger charge is -2.18. The molecule has 0 spiro atoms. The average molecular weight is 533 g/mol. The maximum Gasteiger partial charge on any atom is 0.211 e. The Bertz CT molecular complexity index is 1500. The van der Waals surface area contributed by atoms with Crippen molar-refractivity contribution >= 4 is 68.0 Å². The topological polar surface area (TPSA) is 65.0 Å². The van der Waals surface area contributed by atoms with E-state index in [0.29, 0.717) is 16.2 Å². The number of amidine groups is 3. The summed E-state index contributed by atoms with van der Waals surface area (Å²) in [4.78, 5) is 16.9. The lowest BCUT2D eigenvalue weighted by Crippen LogP contribution is -2.31. The SMILES string of the molecule is CS/C(N=C1SC(=Nc2ccccc2)C(=Nc2ccccc2)N1c1ccccc1)=N/N=C\c1ccccc1. The number of rotatable bonds is 5. The number of thioether (sulfide) groups is 2. The number of anilines is 1. The van der Waals surface area contributed by atoms with Crippen molar-refractivity contribution in [2.24, 2.45) is 25.2 Å². The van der Waals surface area contributed by atoms with E-state index in [1.165, 1.54) is 23.5 Å². The Morgan fingerprint density at radius 3 is 1.87 bits per heavy atom. The van der Waals surface area contributed by atoms with Crippen molar-refractivity contribution in [3.8, 4) is 0 Å². The summed E-state index contributed by atoms with van der Waals surface area (Å²) in [5.41, 5.74) is 3.58. The van der Waals surface area contributed by atoms with Gasteiger partial charge in [0.1, 0.15) is 5.04 Å². The highest BCUT2D eigenvalue weighted by Crippen LogP contribution is 2.33. The Labute approximate surface area is 230 Å². The molecule has 8 heteroatoms. The number of hydrogen-bond acceptors (Lipinski definition) is 6. The molecular weight excluding hydrogens is 509 g/mol. The number of nitrogens with zero attached hydrogens (tertiary/aromatic N) is 6. The summed E-state index contributed by atoms with van der Waals surface area (Å²) in [5, 5.41) is 10.6. The minimum atomic E-state index is 0.528. The molecule has 0 bridgehead atoms. The van der Waals surface area contributed by atoms with Gasteiger partial charge in [0.2, 0.25) is 5.17 Å². The molecule has 38 heavy (non-hydrogen) atoms. The van der Waals surface area contributed by atoms with Gasteiger partial charge in [-0.25, -0.2) is 9.98 Å². The third kappa shape index (κ3) is 6.53. The lowest BCUT2D eigenvalue weighted by molar-refractivity contribution is 1.25. The second-order valence-electron chi connectivity index (χ2n) is 7.93. The predicted molar refractivity (Wildman–Crippen MR) is 166 cm³/mol. The van der Waals surface area contributed by atoms with Crippen LogP contribution in [0.3, 0.4) is 0 Å². The maximum absolute atomic E-state index is 5.01. The first-order chi connectivity index (χ1) is 18.8. The van der Waals surface area contributed by atoms with Crippen LogP contribution in [0.2, 0.25) is 0 Å². The fraction of sp³-hybridized carbons (Fsp3) is 0.0333. The van der Waals surface area contributed by atoms with E-state index in [-0.39, 0.29) is 0 Å². The third-order valence-corrected chi connectivity index (χ3v) is 6.76. The highest BCUT2D eigenvalue weighted by atomic mass is 32.2. The van der Waals surface area contributed by atoms with Gasteiger partial charge in [-0.3, -0.25) is 4.90 Å². The van der Waals surface area contributed by atoms with Crippen LogP contribution in [0, 0.1) is 0 Å². The fourth-order valence-electron chi connectivity index (χ4n) is 3.54. The van der Waals surface area contributed by atoms with E-state index in [1.807, 2.05) is 132 Å². The molecule has 4 aromatic rings. The van der Waals surface area contributed by atoms with Gasteiger partial charge >= 0.3 is 0 Å². The Morgan fingerprint density at radius 2 is 1.26 bits per heavy atom. The zero-order valence-electron chi connectivity index (χ0n) is 20.6. The van der Waals surface area contributed by atoms with Gasteiger partial charge in [-0.05, 0) is 60.0 Å². The van der Waals surface area contributed by atoms with Crippen LogP contribution in [0.25, 0.3) is 0 Å². The van der Waals surface area contributed by atoms with E-state index in [1.54, 1.807) is 6.21 Å². The summed E-state index contributed by atoms with van der Waals surface area (Å²) in [5.74, 6) is 0.697. The third-order valence-electron chi connectivity index (χ3n) is 5.30. The van der Waals surface area contributed by atoms with Gasteiger partial charge in [-0.1, -0.05) is 96.7 Å². The van der Waals surface area contributed by atoms with Gasteiger partial charge in [0, 0.05) is 5.69 Å². The lowest BCUT2D eigenvalue weighted by atomic mass is 10.2. The molecule has 6 nitrogen and oxygen atoms in total. The van der Waals surface area contributed by atoms with Gasteiger partial charge in [-0.2, -0.15) is 10.1 Å². The predicted octanol–water partition coefficient (Wildman–Crippen LogP) is 7.81. The molecule has 1 saturated heterocycles. The van der Waals surface area contributed by atoms with E-state index in [0.717, 1.165) is 27.7 Å². The standard InChI is InChI=1S/C30H24N6S2/c1-37-29(35-31-22-23-14-6-2-7-15-23)34-30-36(26-20-12-5-13-21-26)27(32-24-16-8-3-9-17-24)28(38-30)33-25-18-10-4-11-19-25/h2-22H,1H3/b31-22-,32-27?,33-28?,34-30?,35-29+. The van der Waals surface area contributed by atoms with Gasteiger partial charge < -0.3 is 0 Å². The largest absolute Gasteiger partial charge is 0.271 e. The van der Waals surface area contributed by atoms with E-state index < -0.39 is 0 Å². The molecule has 0 atom stereocenters. The molecule has 186 valence electrons. The number of benzene rings is 4. The summed E-state index contributed by atoms with van der Waals surface area (Å²) < 4.78 is 0. The molecule has 0 aliphatic carbocycles. The van der Waals surface area contributed by atoms with Crippen LogP contribution in [0.15, 0.2) is 147 Å². The minimum Gasteiger partial charge on any atom is -0.271 e. The van der Waals surface area contributed by atoms with Crippen LogP contribution in [-0.2, 0) is 0 Å². The van der Waals surface area contributed by atoms with Crippen molar-refractivity contribution < 1.29 is 0 Å². The Morgan fingerprint density at radius 1 is 0.711 bits per heavy atom. The molecule has 1 aliphatic heterocycles. The van der Waals surface area contributed by atoms with Crippen LogP contribution < -0.4 is 4.90 Å². The molecule has 0 N–H and O–H groups in total. The molecule has 0 radical (unpaired) electrons. The number of hydrogen-bond donors (Lipinski definition) is 0. The average Bonchev–Trinajstić information content (AvgIpc) is 3.30. The maximum atomic E-state index is 5.01. The molecular formula is C30H24N6S2. The fourth-order valence-corrected chi connectivity index (χ4v) is 4.87.